The van der Waals surface area contributed by atoms with Crippen molar-refractivity contribution in [1.82, 2.24) is 9.97 Å². The van der Waals surface area contributed by atoms with Crippen LogP contribution in [0.2, 0.25) is 5.28 Å². The summed E-state index contributed by atoms with van der Waals surface area (Å²) in [4.78, 5) is 18.7. The van der Waals surface area contributed by atoms with Crippen molar-refractivity contribution in [3.8, 4) is 5.88 Å². The summed E-state index contributed by atoms with van der Waals surface area (Å²) in [6.45, 7) is 1.85. The highest BCUT2D eigenvalue weighted by atomic mass is 35.5. The zero-order valence-corrected chi connectivity index (χ0v) is 11.3. The molecule has 0 saturated carbocycles. The lowest BCUT2D eigenvalue weighted by Gasteiger charge is -2.18. The van der Waals surface area contributed by atoms with E-state index in [0.29, 0.717) is 0 Å². The van der Waals surface area contributed by atoms with Gasteiger partial charge in [-0.3, -0.25) is 4.79 Å². The van der Waals surface area contributed by atoms with E-state index in [4.69, 9.17) is 16.3 Å². The Kier molecular flexibility index (Phi) is 5.94. The van der Waals surface area contributed by atoms with E-state index in [2.05, 4.69) is 14.7 Å². The average molecular weight is 291 g/mol. The number of halogens is 1. The van der Waals surface area contributed by atoms with Crippen molar-refractivity contribution >= 4 is 17.6 Å². The molecule has 2 unspecified atom stereocenters. The van der Waals surface area contributed by atoms with Crippen molar-refractivity contribution < 1.29 is 24.5 Å². The molecular formula is C11H15ClN2O5. The Balaban J connectivity index is 2.81. The smallest absolute Gasteiger partial charge is 0.308 e. The highest BCUT2D eigenvalue weighted by molar-refractivity contribution is 6.28. The lowest BCUT2D eigenvalue weighted by Crippen LogP contribution is -2.24. The first-order valence-corrected chi connectivity index (χ1v) is 5.95. The van der Waals surface area contributed by atoms with Gasteiger partial charge in [-0.05, 0) is 18.5 Å². The van der Waals surface area contributed by atoms with Gasteiger partial charge in [0.2, 0.25) is 11.2 Å². The molecule has 0 aliphatic rings. The summed E-state index contributed by atoms with van der Waals surface area (Å²) in [5.41, 5.74) is 0.142. The Morgan fingerprint density at radius 2 is 2.21 bits per heavy atom. The molecule has 2 N–H and O–H groups in total. The molecular weight excluding hydrogens is 276 g/mol. The molecule has 7 nitrogen and oxygen atoms in total. The van der Waals surface area contributed by atoms with Gasteiger partial charge in [-0.2, -0.15) is 4.98 Å². The molecule has 0 radical (unpaired) electrons. The summed E-state index contributed by atoms with van der Waals surface area (Å²) in [7, 11) is 1.34. The first-order valence-electron chi connectivity index (χ1n) is 5.57. The van der Waals surface area contributed by atoms with Crippen molar-refractivity contribution in [1.29, 1.82) is 0 Å². The van der Waals surface area contributed by atoms with Gasteiger partial charge in [0, 0.05) is 6.20 Å². The van der Waals surface area contributed by atoms with Gasteiger partial charge >= 0.3 is 5.97 Å². The quantitative estimate of drug-likeness (QED) is 0.580. The van der Waals surface area contributed by atoms with E-state index < -0.39 is 18.2 Å². The van der Waals surface area contributed by atoms with Crippen LogP contribution in [0, 0.1) is 0 Å². The fraction of sp³-hybridized carbons (Fsp3) is 0.545. The van der Waals surface area contributed by atoms with E-state index in [1.807, 2.05) is 0 Å². The fourth-order valence-corrected chi connectivity index (χ4v) is 1.56. The molecule has 106 valence electrons. The molecule has 0 amide bonds. The van der Waals surface area contributed by atoms with E-state index in [1.54, 1.807) is 6.92 Å². The Bertz CT molecular complexity index is 443. The summed E-state index contributed by atoms with van der Waals surface area (Å²) in [6.07, 6.45) is -1.84. The number of aromatic nitrogens is 2. The minimum atomic E-state index is -1.38. The number of aliphatic hydroxyl groups excluding tert-OH is 2. The van der Waals surface area contributed by atoms with Crippen LogP contribution in [-0.2, 0) is 9.53 Å². The van der Waals surface area contributed by atoms with E-state index in [0.717, 1.165) is 0 Å². The molecule has 1 aromatic rings. The van der Waals surface area contributed by atoms with E-state index in [-0.39, 0.29) is 29.8 Å². The topological polar surface area (TPSA) is 102 Å². The first kappa shape index (κ1) is 15.6. The molecule has 1 aromatic heterocycles. The molecule has 0 aliphatic heterocycles. The fourth-order valence-electron chi connectivity index (χ4n) is 1.43. The van der Waals surface area contributed by atoms with Gasteiger partial charge in [0.15, 0.2) is 0 Å². The van der Waals surface area contributed by atoms with Crippen LogP contribution >= 0.6 is 11.6 Å². The van der Waals surface area contributed by atoms with E-state index >= 15 is 0 Å². The van der Waals surface area contributed by atoms with Crippen LogP contribution < -0.4 is 4.74 Å². The molecule has 0 saturated heterocycles. The first-order chi connectivity index (χ1) is 8.99. The number of carbonyl (C=O) groups excluding carboxylic acids is 1. The van der Waals surface area contributed by atoms with Crippen molar-refractivity contribution in [3.05, 3.63) is 17.0 Å². The van der Waals surface area contributed by atoms with Crippen molar-refractivity contribution in [2.45, 2.75) is 25.6 Å². The second-order valence-corrected chi connectivity index (χ2v) is 3.96. The number of ether oxygens (including phenoxy) is 2. The second-order valence-electron chi connectivity index (χ2n) is 3.62. The number of carbonyl (C=O) groups is 1. The summed E-state index contributed by atoms with van der Waals surface area (Å²) < 4.78 is 9.61. The maximum Gasteiger partial charge on any atom is 0.308 e. The van der Waals surface area contributed by atoms with Crippen molar-refractivity contribution in [2.24, 2.45) is 0 Å². The van der Waals surface area contributed by atoms with Crippen LogP contribution in [-0.4, -0.2) is 46.0 Å². The van der Waals surface area contributed by atoms with Crippen molar-refractivity contribution in [2.75, 3.05) is 13.7 Å². The van der Waals surface area contributed by atoms with Gasteiger partial charge in [0.05, 0.1) is 31.8 Å². The minimum absolute atomic E-state index is 0.0374. The van der Waals surface area contributed by atoms with Gasteiger partial charge in [0.1, 0.15) is 6.10 Å². The molecule has 0 bridgehead atoms. The predicted octanol–water partition coefficient (Wildman–Crippen LogP) is 0.486. The molecule has 19 heavy (non-hydrogen) atoms. The molecule has 0 fully saturated rings. The third-order valence-electron chi connectivity index (χ3n) is 2.31. The van der Waals surface area contributed by atoms with Gasteiger partial charge in [-0.1, -0.05) is 0 Å². The largest absolute Gasteiger partial charge is 0.481 e. The number of hydrogen-bond donors (Lipinski definition) is 2. The Morgan fingerprint density at radius 1 is 1.53 bits per heavy atom. The number of methoxy groups -OCH3 is 1. The van der Waals surface area contributed by atoms with E-state index in [9.17, 15) is 15.0 Å². The van der Waals surface area contributed by atoms with Gasteiger partial charge in [-0.25, -0.2) is 4.98 Å². The molecule has 2 atom stereocenters. The van der Waals surface area contributed by atoms with Crippen LogP contribution in [0.15, 0.2) is 6.20 Å². The number of esters is 1. The molecule has 0 aliphatic carbocycles. The molecule has 0 aromatic carbocycles. The summed E-state index contributed by atoms with van der Waals surface area (Å²) in [5.74, 6) is -0.571. The van der Waals surface area contributed by atoms with Gasteiger partial charge in [-0.15, -0.1) is 0 Å². The zero-order valence-electron chi connectivity index (χ0n) is 10.5. The van der Waals surface area contributed by atoms with Crippen LogP contribution in [0.3, 0.4) is 0 Å². The number of rotatable bonds is 6. The number of nitrogens with zero attached hydrogens (tertiary/aromatic N) is 2. The maximum atomic E-state index is 11.2. The van der Waals surface area contributed by atoms with Crippen molar-refractivity contribution in [3.63, 3.8) is 0 Å². The second kappa shape index (κ2) is 7.22. The highest BCUT2D eigenvalue weighted by Gasteiger charge is 2.26. The standard InChI is InChI=1S/C11H15ClN2O5/c1-3-19-8(16)4-7(15)9(17)6-5-13-11(12)14-10(6)18-2/h5,7,9,15,17H,3-4H2,1-2H3. The van der Waals surface area contributed by atoms with Crippen LogP contribution in [0.25, 0.3) is 0 Å². The summed E-state index contributed by atoms with van der Waals surface area (Å²) in [5, 5.41) is 19.7. The van der Waals surface area contributed by atoms with Gasteiger partial charge < -0.3 is 19.7 Å². The third kappa shape index (κ3) is 4.30. The molecule has 8 heteroatoms. The summed E-state index contributed by atoms with van der Waals surface area (Å²) in [6, 6.07) is 0. The lowest BCUT2D eigenvalue weighted by molar-refractivity contribution is -0.147. The van der Waals surface area contributed by atoms with Crippen LogP contribution in [0.1, 0.15) is 25.0 Å². The van der Waals surface area contributed by atoms with E-state index in [1.165, 1.54) is 13.3 Å². The Labute approximate surface area is 115 Å². The average Bonchev–Trinajstić information content (AvgIpc) is 2.37. The molecule has 0 spiro atoms. The van der Waals surface area contributed by atoms with Gasteiger partial charge in [0.25, 0.3) is 0 Å². The number of aliphatic hydroxyl groups is 2. The monoisotopic (exact) mass is 290 g/mol. The third-order valence-corrected chi connectivity index (χ3v) is 2.49. The lowest BCUT2D eigenvalue weighted by atomic mass is 10.0. The Morgan fingerprint density at radius 3 is 2.79 bits per heavy atom. The molecule has 1 rings (SSSR count). The predicted molar refractivity (Wildman–Crippen MR) is 65.8 cm³/mol. The van der Waals surface area contributed by atoms with Crippen LogP contribution in [0.5, 0.6) is 5.88 Å². The number of hydrogen-bond acceptors (Lipinski definition) is 7. The normalized spacial score (nSPS) is 13.7. The Hall–Kier alpha value is -1.44. The zero-order chi connectivity index (χ0) is 14.4. The van der Waals surface area contributed by atoms with Crippen LogP contribution in [0.4, 0.5) is 0 Å². The highest BCUT2D eigenvalue weighted by Crippen LogP contribution is 2.27. The summed E-state index contributed by atoms with van der Waals surface area (Å²) >= 11 is 5.58. The minimum Gasteiger partial charge on any atom is -0.481 e. The maximum absolute atomic E-state index is 11.2. The molecule has 1 heterocycles. The SMILES string of the molecule is CCOC(=O)CC(O)C(O)c1cnc(Cl)nc1OC.